The number of nitrogens with zero attached hydrogens (tertiary/aromatic N) is 1. The molecular weight excluding hydrogens is 338 g/mol. The van der Waals surface area contributed by atoms with Crippen LogP contribution in [0.25, 0.3) is 0 Å². The molecule has 1 aliphatic heterocycles. The van der Waals surface area contributed by atoms with Crippen LogP contribution in [0, 0.1) is 0 Å². The number of sulfonamides is 1. The van der Waals surface area contributed by atoms with Gasteiger partial charge in [-0.05, 0) is 62.9 Å². The third-order valence-electron chi connectivity index (χ3n) is 4.79. The maximum Gasteiger partial charge on any atom is 0.251 e. The van der Waals surface area contributed by atoms with Gasteiger partial charge in [0.05, 0.1) is 4.90 Å². The monoisotopic (exact) mass is 365 g/mol. The fourth-order valence-electron chi connectivity index (χ4n) is 3.16. The smallest absolute Gasteiger partial charge is 0.251 e. The Bertz CT molecular complexity index is 691. The van der Waals surface area contributed by atoms with E-state index >= 15 is 0 Å². The van der Waals surface area contributed by atoms with Crippen molar-refractivity contribution in [3.8, 4) is 0 Å². The summed E-state index contributed by atoms with van der Waals surface area (Å²) >= 11 is 0. The molecule has 1 heterocycles. The number of likely N-dealkylation sites (tertiary alicyclic amines) is 1. The van der Waals surface area contributed by atoms with Gasteiger partial charge in [0.15, 0.2) is 0 Å². The Morgan fingerprint density at radius 3 is 2.28 bits per heavy atom. The standard InChI is InChI=1S/C18H27N3O3S/c1-2-11-21-12-9-15(10-13-21)19-18(22)14-3-7-17(8-4-14)25(23,24)20-16-5-6-16/h3-4,7-8,15-16,20H,2,5-6,9-13H2,1H3,(H,19,22). The highest BCUT2D eigenvalue weighted by atomic mass is 32.2. The van der Waals surface area contributed by atoms with Crippen LogP contribution in [0.2, 0.25) is 0 Å². The number of hydrogen-bond acceptors (Lipinski definition) is 4. The van der Waals surface area contributed by atoms with E-state index in [1.807, 2.05) is 0 Å². The second kappa shape index (κ2) is 7.85. The molecule has 138 valence electrons. The average Bonchev–Trinajstić information content (AvgIpc) is 3.40. The van der Waals surface area contributed by atoms with Crippen LogP contribution in [-0.2, 0) is 10.0 Å². The van der Waals surface area contributed by atoms with Crippen molar-refractivity contribution >= 4 is 15.9 Å². The van der Waals surface area contributed by atoms with Crippen molar-refractivity contribution < 1.29 is 13.2 Å². The van der Waals surface area contributed by atoms with E-state index in [-0.39, 0.29) is 22.9 Å². The summed E-state index contributed by atoms with van der Waals surface area (Å²) in [4.78, 5) is 15.0. The van der Waals surface area contributed by atoms with Gasteiger partial charge in [-0.1, -0.05) is 6.92 Å². The van der Waals surface area contributed by atoms with E-state index in [9.17, 15) is 13.2 Å². The van der Waals surface area contributed by atoms with Gasteiger partial charge in [-0.15, -0.1) is 0 Å². The minimum atomic E-state index is -3.47. The van der Waals surface area contributed by atoms with Crippen LogP contribution < -0.4 is 10.0 Å². The van der Waals surface area contributed by atoms with Gasteiger partial charge in [0.2, 0.25) is 10.0 Å². The number of rotatable bonds is 7. The summed E-state index contributed by atoms with van der Waals surface area (Å²) in [6.45, 7) is 5.33. The molecule has 1 aromatic rings. The minimum Gasteiger partial charge on any atom is -0.349 e. The Morgan fingerprint density at radius 2 is 1.72 bits per heavy atom. The van der Waals surface area contributed by atoms with Gasteiger partial charge >= 0.3 is 0 Å². The van der Waals surface area contributed by atoms with Gasteiger partial charge in [-0.25, -0.2) is 13.1 Å². The molecule has 0 atom stereocenters. The molecule has 2 N–H and O–H groups in total. The molecule has 1 aromatic carbocycles. The molecule has 0 spiro atoms. The number of carbonyl (C=O) groups excluding carboxylic acids is 1. The number of amides is 1. The first-order valence-corrected chi connectivity index (χ1v) is 10.6. The zero-order valence-electron chi connectivity index (χ0n) is 14.7. The van der Waals surface area contributed by atoms with E-state index in [0.29, 0.717) is 5.56 Å². The van der Waals surface area contributed by atoms with Crippen molar-refractivity contribution in [2.45, 2.75) is 56.0 Å². The summed E-state index contributed by atoms with van der Waals surface area (Å²) in [6, 6.07) is 6.45. The Labute approximate surface area is 150 Å². The van der Waals surface area contributed by atoms with Gasteiger partial charge < -0.3 is 10.2 Å². The quantitative estimate of drug-likeness (QED) is 0.771. The highest BCUT2D eigenvalue weighted by Crippen LogP contribution is 2.22. The maximum absolute atomic E-state index is 12.4. The van der Waals surface area contributed by atoms with Gasteiger partial charge in [0, 0.05) is 30.7 Å². The molecular formula is C18H27N3O3S. The maximum atomic E-state index is 12.4. The minimum absolute atomic E-state index is 0.0755. The van der Waals surface area contributed by atoms with Crippen LogP contribution in [0.5, 0.6) is 0 Å². The van der Waals surface area contributed by atoms with E-state index in [1.165, 1.54) is 12.1 Å². The molecule has 7 heteroatoms. The average molecular weight is 365 g/mol. The van der Waals surface area contributed by atoms with Crippen LogP contribution >= 0.6 is 0 Å². The predicted octanol–water partition coefficient (Wildman–Crippen LogP) is 1.73. The first-order chi connectivity index (χ1) is 12.0. The normalized spacial score (nSPS) is 19.7. The molecule has 3 rings (SSSR count). The van der Waals surface area contributed by atoms with Crippen LogP contribution in [0.3, 0.4) is 0 Å². The molecule has 1 saturated heterocycles. The van der Waals surface area contributed by atoms with Crippen molar-refractivity contribution in [3.63, 3.8) is 0 Å². The van der Waals surface area contributed by atoms with Crippen LogP contribution in [0.1, 0.15) is 49.4 Å². The van der Waals surface area contributed by atoms with E-state index in [1.54, 1.807) is 12.1 Å². The van der Waals surface area contributed by atoms with Crippen molar-refractivity contribution in [2.24, 2.45) is 0 Å². The van der Waals surface area contributed by atoms with Crippen molar-refractivity contribution in [3.05, 3.63) is 29.8 Å². The zero-order chi connectivity index (χ0) is 17.9. The lowest BCUT2D eigenvalue weighted by atomic mass is 10.0. The Kier molecular flexibility index (Phi) is 5.76. The third-order valence-corrected chi connectivity index (χ3v) is 6.33. The number of piperidine rings is 1. The van der Waals surface area contributed by atoms with Crippen LogP contribution in [-0.4, -0.2) is 50.9 Å². The Morgan fingerprint density at radius 1 is 1.08 bits per heavy atom. The summed E-state index contributed by atoms with van der Waals surface area (Å²) in [5.74, 6) is -0.131. The SMILES string of the molecule is CCCN1CCC(NC(=O)c2ccc(S(=O)(=O)NC3CC3)cc2)CC1. The zero-order valence-corrected chi connectivity index (χ0v) is 15.5. The van der Waals surface area contributed by atoms with E-state index in [4.69, 9.17) is 0 Å². The molecule has 6 nitrogen and oxygen atoms in total. The number of nitrogens with one attached hydrogen (secondary N) is 2. The lowest BCUT2D eigenvalue weighted by Crippen LogP contribution is -2.44. The molecule has 2 fully saturated rings. The molecule has 0 radical (unpaired) electrons. The molecule has 1 saturated carbocycles. The second-order valence-corrected chi connectivity index (χ2v) is 8.72. The lowest BCUT2D eigenvalue weighted by molar-refractivity contribution is 0.0911. The molecule has 2 aliphatic rings. The van der Waals surface area contributed by atoms with Gasteiger partial charge in [0.25, 0.3) is 5.91 Å². The fraction of sp³-hybridized carbons (Fsp3) is 0.611. The summed E-state index contributed by atoms with van der Waals surface area (Å²) in [7, 11) is -3.47. The van der Waals surface area contributed by atoms with E-state index in [2.05, 4.69) is 21.9 Å². The summed E-state index contributed by atoms with van der Waals surface area (Å²) < 4.78 is 26.9. The van der Waals surface area contributed by atoms with E-state index in [0.717, 1.165) is 51.7 Å². The topological polar surface area (TPSA) is 78.5 Å². The molecule has 0 aromatic heterocycles. The van der Waals surface area contributed by atoms with Gasteiger partial charge in [-0.2, -0.15) is 0 Å². The largest absolute Gasteiger partial charge is 0.349 e. The highest BCUT2D eigenvalue weighted by molar-refractivity contribution is 7.89. The molecule has 1 aliphatic carbocycles. The highest BCUT2D eigenvalue weighted by Gasteiger charge is 2.28. The first-order valence-electron chi connectivity index (χ1n) is 9.13. The fourth-order valence-corrected chi connectivity index (χ4v) is 4.46. The molecule has 0 unspecified atom stereocenters. The third kappa shape index (κ3) is 5.03. The first kappa shape index (κ1) is 18.4. The van der Waals surface area contributed by atoms with Crippen molar-refractivity contribution in [1.29, 1.82) is 0 Å². The van der Waals surface area contributed by atoms with Crippen molar-refractivity contribution in [2.75, 3.05) is 19.6 Å². The number of benzene rings is 1. The second-order valence-electron chi connectivity index (χ2n) is 7.01. The van der Waals surface area contributed by atoms with Crippen molar-refractivity contribution in [1.82, 2.24) is 14.9 Å². The molecule has 0 bridgehead atoms. The van der Waals surface area contributed by atoms with Crippen LogP contribution in [0.15, 0.2) is 29.2 Å². The molecule has 1 amide bonds. The predicted molar refractivity (Wildman–Crippen MR) is 97.0 cm³/mol. The van der Waals surface area contributed by atoms with Gasteiger partial charge in [-0.3, -0.25) is 4.79 Å². The number of carbonyl (C=O) groups is 1. The summed E-state index contributed by atoms with van der Waals surface area (Å²) in [6.07, 6.45) is 4.88. The molecule has 25 heavy (non-hydrogen) atoms. The summed E-state index contributed by atoms with van der Waals surface area (Å²) in [5.41, 5.74) is 0.501. The van der Waals surface area contributed by atoms with Gasteiger partial charge in [0.1, 0.15) is 0 Å². The lowest BCUT2D eigenvalue weighted by Gasteiger charge is -2.32. The number of hydrogen-bond donors (Lipinski definition) is 2. The summed E-state index contributed by atoms with van der Waals surface area (Å²) in [5, 5.41) is 3.07. The Balaban J connectivity index is 1.54. The Hall–Kier alpha value is -1.44. The van der Waals surface area contributed by atoms with E-state index < -0.39 is 10.0 Å². The van der Waals surface area contributed by atoms with Crippen LogP contribution in [0.4, 0.5) is 0 Å².